The van der Waals surface area contributed by atoms with Crippen LogP contribution in [0.5, 0.6) is 0 Å². The van der Waals surface area contributed by atoms with Crippen molar-refractivity contribution in [1.29, 1.82) is 0 Å². The zero-order valence-electron chi connectivity index (χ0n) is 12.6. The van der Waals surface area contributed by atoms with E-state index in [1.165, 1.54) is 5.56 Å². The van der Waals surface area contributed by atoms with Gasteiger partial charge in [-0.05, 0) is 37.0 Å². The predicted molar refractivity (Wildman–Crippen MR) is 85.8 cm³/mol. The number of carbonyl (C=O) groups is 2. The first-order chi connectivity index (χ1) is 10.6. The Bertz CT molecular complexity index is 558. The summed E-state index contributed by atoms with van der Waals surface area (Å²) in [6.07, 6.45) is 3.56. The van der Waals surface area contributed by atoms with E-state index in [9.17, 15) is 9.59 Å². The Hall–Kier alpha value is -1.55. The Balaban J connectivity index is 1.61. The molecule has 2 amide bonds. The molecule has 2 aliphatic heterocycles. The van der Waals surface area contributed by atoms with Crippen LogP contribution in [0.1, 0.15) is 37.2 Å². The zero-order valence-corrected chi connectivity index (χ0v) is 13.4. The van der Waals surface area contributed by atoms with Gasteiger partial charge in [-0.2, -0.15) is 0 Å². The van der Waals surface area contributed by atoms with Crippen molar-refractivity contribution in [2.24, 2.45) is 0 Å². The van der Waals surface area contributed by atoms with Gasteiger partial charge in [-0.25, -0.2) is 0 Å². The lowest BCUT2D eigenvalue weighted by Gasteiger charge is -2.34. The third-order valence-electron chi connectivity index (χ3n) is 4.61. The largest absolute Gasteiger partial charge is 0.341 e. The monoisotopic (exact) mass is 320 g/mol. The van der Waals surface area contributed by atoms with Crippen LogP contribution in [0, 0.1) is 0 Å². The first-order valence-corrected chi connectivity index (χ1v) is 8.32. The normalized spacial score (nSPS) is 22.2. The zero-order chi connectivity index (χ0) is 15.5. The van der Waals surface area contributed by atoms with Gasteiger partial charge in [0, 0.05) is 37.0 Å². The average molecular weight is 321 g/mol. The van der Waals surface area contributed by atoms with Crippen molar-refractivity contribution < 1.29 is 9.59 Å². The predicted octanol–water partition coefficient (Wildman–Crippen LogP) is 2.67. The molecular formula is C17H21ClN2O2. The van der Waals surface area contributed by atoms with Crippen molar-refractivity contribution in [3.63, 3.8) is 0 Å². The van der Waals surface area contributed by atoms with Crippen LogP contribution in [-0.2, 0) is 9.59 Å². The summed E-state index contributed by atoms with van der Waals surface area (Å²) in [5.41, 5.74) is 1.24. The van der Waals surface area contributed by atoms with Gasteiger partial charge in [0.1, 0.15) is 0 Å². The molecule has 1 atom stereocenters. The molecule has 1 aromatic rings. The highest BCUT2D eigenvalue weighted by Gasteiger charge is 2.28. The smallest absolute Gasteiger partial charge is 0.242 e. The van der Waals surface area contributed by atoms with Crippen molar-refractivity contribution in [3.8, 4) is 0 Å². The molecule has 2 heterocycles. The molecule has 118 valence electrons. The van der Waals surface area contributed by atoms with Crippen LogP contribution in [0.3, 0.4) is 0 Å². The van der Waals surface area contributed by atoms with Gasteiger partial charge in [-0.1, -0.05) is 23.7 Å². The highest BCUT2D eigenvalue weighted by atomic mass is 35.5. The Morgan fingerprint density at radius 3 is 2.64 bits per heavy atom. The number of hydrogen-bond acceptors (Lipinski definition) is 2. The minimum Gasteiger partial charge on any atom is -0.341 e. The van der Waals surface area contributed by atoms with Gasteiger partial charge < -0.3 is 9.80 Å². The van der Waals surface area contributed by atoms with Crippen molar-refractivity contribution in [2.45, 2.75) is 31.6 Å². The summed E-state index contributed by atoms with van der Waals surface area (Å²) in [7, 11) is 0. The van der Waals surface area contributed by atoms with Crippen molar-refractivity contribution in [3.05, 3.63) is 34.9 Å². The lowest BCUT2D eigenvalue weighted by Crippen LogP contribution is -2.44. The molecule has 0 unspecified atom stereocenters. The first-order valence-electron chi connectivity index (χ1n) is 7.94. The number of benzene rings is 1. The van der Waals surface area contributed by atoms with Gasteiger partial charge in [0.05, 0.1) is 6.54 Å². The van der Waals surface area contributed by atoms with E-state index in [0.717, 1.165) is 43.9 Å². The lowest BCUT2D eigenvalue weighted by molar-refractivity contribution is -0.139. The molecule has 5 heteroatoms. The maximum atomic E-state index is 12.4. The van der Waals surface area contributed by atoms with E-state index < -0.39 is 0 Å². The fourth-order valence-electron chi connectivity index (χ4n) is 3.35. The van der Waals surface area contributed by atoms with E-state index in [0.29, 0.717) is 12.3 Å². The molecule has 2 fully saturated rings. The Labute approximate surface area is 136 Å². The fourth-order valence-corrected chi connectivity index (χ4v) is 3.47. The van der Waals surface area contributed by atoms with E-state index in [2.05, 4.69) is 0 Å². The number of carbonyl (C=O) groups excluding carboxylic acids is 2. The van der Waals surface area contributed by atoms with E-state index in [1.807, 2.05) is 29.2 Å². The molecule has 2 aliphatic rings. The van der Waals surface area contributed by atoms with Crippen LogP contribution >= 0.6 is 11.6 Å². The molecule has 22 heavy (non-hydrogen) atoms. The van der Waals surface area contributed by atoms with Crippen LogP contribution in [0.25, 0.3) is 0 Å². The maximum Gasteiger partial charge on any atom is 0.242 e. The minimum absolute atomic E-state index is 0.0777. The van der Waals surface area contributed by atoms with Crippen molar-refractivity contribution in [1.82, 2.24) is 9.80 Å². The van der Waals surface area contributed by atoms with E-state index in [1.54, 1.807) is 4.90 Å². The summed E-state index contributed by atoms with van der Waals surface area (Å²) < 4.78 is 0. The molecule has 0 N–H and O–H groups in total. The highest BCUT2D eigenvalue weighted by molar-refractivity contribution is 6.30. The van der Waals surface area contributed by atoms with Gasteiger partial charge in [0.25, 0.3) is 0 Å². The fraction of sp³-hybridized carbons (Fsp3) is 0.529. The quantitative estimate of drug-likeness (QED) is 0.859. The molecule has 0 bridgehead atoms. The van der Waals surface area contributed by atoms with Crippen LogP contribution in [0.15, 0.2) is 24.3 Å². The van der Waals surface area contributed by atoms with Gasteiger partial charge >= 0.3 is 0 Å². The van der Waals surface area contributed by atoms with Crippen LogP contribution < -0.4 is 0 Å². The van der Waals surface area contributed by atoms with Gasteiger partial charge in [-0.3, -0.25) is 9.59 Å². The Morgan fingerprint density at radius 2 is 1.95 bits per heavy atom. The molecule has 0 aliphatic carbocycles. The number of nitrogens with zero attached hydrogens (tertiary/aromatic N) is 2. The van der Waals surface area contributed by atoms with Gasteiger partial charge in [0.15, 0.2) is 0 Å². The second kappa shape index (κ2) is 6.69. The SMILES string of the molecule is O=C1CCCN1CC(=O)N1CCC[C@@H](c2ccc(Cl)cc2)C1. The van der Waals surface area contributed by atoms with Crippen molar-refractivity contribution >= 4 is 23.4 Å². The number of hydrogen-bond donors (Lipinski definition) is 0. The lowest BCUT2D eigenvalue weighted by atomic mass is 9.90. The van der Waals surface area contributed by atoms with Crippen LogP contribution in [0.2, 0.25) is 5.02 Å². The van der Waals surface area contributed by atoms with Crippen LogP contribution in [-0.4, -0.2) is 47.8 Å². The van der Waals surface area contributed by atoms with Crippen molar-refractivity contribution in [2.75, 3.05) is 26.2 Å². The third-order valence-corrected chi connectivity index (χ3v) is 4.86. The number of likely N-dealkylation sites (tertiary alicyclic amines) is 2. The standard InChI is InChI=1S/C17H21ClN2O2/c18-15-7-5-13(6-8-15)14-3-1-9-19(11-14)17(22)12-20-10-2-4-16(20)21/h5-8,14H,1-4,9-12H2/t14-/m1/s1. The number of rotatable bonds is 3. The number of amides is 2. The van der Waals surface area contributed by atoms with Gasteiger partial charge in [0.2, 0.25) is 11.8 Å². The molecular weight excluding hydrogens is 300 g/mol. The van der Waals surface area contributed by atoms with E-state index >= 15 is 0 Å². The van der Waals surface area contributed by atoms with E-state index in [-0.39, 0.29) is 18.4 Å². The molecule has 3 rings (SSSR count). The second-order valence-corrected chi connectivity index (χ2v) is 6.59. The van der Waals surface area contributed by atoms with Crippen LogP contribution in [0.4, 0.5) is 0 Å². The first kappa shape index (κ1) is 15.3. The second-order valence-electron chi connectivity index (χ2n) is 6.15. The number of halogens is 1. The summed E-state index contributed by atoms with van der Waals surface area (Å²) in [5.74, 6) is 0.553. The third kappa shape index (κ3) is 3.43. The average Bonchev–Trinajstić information content (AvgIpc) is 2.93. The minimum atomic E-state index is 0.0777. The number of piperidine rings is 1. The summed E-state index contributed by atoms with van der Waals surface area (Å²) in [4.78, 5) is 27.7. The summed E-state index contributed by atoms with van der Waals surface area (Å²) >= 11 is 5.94. The molecule has 0 spiro atoms. The molecule has 0 radical (unpaired) electrons. The topological polar surface area (TPSA) is 40.6 Å². The molecule has 0 saturated carbocycles. The van der Waals surface area contributed by atoms with Gasteiger partial charge in [-0.15, -0.1) is 0 Å². The molecule has 2 saturated heterocycles. The summed E-state index contributed by atoms with van der Waals surface area (Å²) in [6, 6.07) is 7.90. The van der Waals surface area contributed by atoms with E-state index in [4.69, 9.17) is 11.6 Å². The Kier molecular flexibility index (Phi) is 4.67. The highest BCUT2D eigenvalue weighted by Crippen LogP contribution is 2.28. The Morgan fingerprint density at radius 1 is 1.18 bits per heavy atom. The molecule has 1 aromatic carbocycles. The molecule has 0 aromatic heterocycles. The maximum absolute atomic E-state index is 12.4. The summed E-state index contributed by atoms with van der Waals surface area (Å²) in [5, 5.41) is 0.736. The molecule has 4 nitrogen and oxygen atoms in total. The summed E-state index contributed by atoms with van der Waals surface area (Å²) in [6.45, 7) is 2.50.